The number of rotatable bonds is 3. The van der Waals surface area contributed by atoms with Crippen LogP contribution in [0.5, 0.6) is 5.75 Å². The minimum absolute atomic E-state index is 0.0887. The molecule has 1 atom stereocenters. The fourth-order valence-electron chi connectivity index (χ4n) is 3.43. The number of hydrogen-bond acceptors (Lipinski definition) is 3. The normalized spacial score (nSPS) is 18.9. The van der Waals surface area contributed by atoms with E-state index in [0.717, 1.165) is 52.8 Å². The fourth-order valence-corrected chi connectivity index (χ4v) is 3.43. The maximum absolute atomic E-state index is 12.7. The summed E-state index contributed by atoms with van der Waals surface area (Å²) in [4.78, 5) is 14.6. The van der Waals surface area contributed by atoms with Crippen LogP contribution in [0.15, 0.2) is 28.9 Å². The number of aryl methyl sites for hydroxylation is 1. The second-order valence-electron chi connectivity index (χ2n) is 6.67. The van der Waals surface area contributed by atoms with Crippen LogP contribution in [0.25, 0.3) is 16.5 Å². The van der Waals surface area contributed by atoms with Crippen molar-refractivity contribution in [3.05, 3.63) is 35.6 Å². The van der Waals surface area contributed by atoms with Crippen LogP contribution in [0, 0.1) is 6.92 Å². The van der Waals surface area contributed by atoms with E-state index < -0.39 is 0 Å². The van der Waals surface area contributed by atoms with E-state index in [4.69, 9.17) is 9.15 Å². The first-order chi connectivity index (χ1) is 11.5. The van der Waals surface area contributed by atoms with E-state index in [0.29, 0.717) is 6.04 Å². The molecule has 2 heterocycles. The van der Waals surface area contributed by atoms with Crippen molar-refractivity contribution in [1.82, 2.24) is 4.90 Å². The summed E-state index contributed by atoms with van der Waals surface area (Å²) in [6, 6.07) is 4.25. The molecule has 1 aromatic heterocycles. The number of amides is 1. The lowest BCUT2D eigenvalue weighted by Crippen LogP contribution is -2.41. The molecule has 0 N–H and O–H groups in total. The first-order valence-electron chi connectivity index (χ1n) is 8.56. The monoisotopic (exact) mass is 327 g/mol. The van der Waals surface area contributed by atoms with Gasteiger partial charge in [0.1, 0.15) is 11.3 Å². The highest BCUT2D eigenvalue weighted by Gasteiger charge is 2.22. The predicted molar refractivity (Wildman–Crippen MR) is 96.2 cm³/mol. The van der Waals surface area contributed by atoms with Crippen LogP contribution in [-0.2, 0) is 4.79 Å². The number of piperidine rings is 1. The number of fused-ring (bicyclic) bond motifs is 1. The van der Waals surface area contributed by atoms with Crippen LogP contribution in [-0.4, -0.2) is 30.5 Å². The summed E-state index contributed by atoms with van der Waals surface area (Å²) in [5.74, 6) is 0.816. The third-order valence-corrected chi connectivity index (χ3v) is 4.94. The molecule has 0 aliphatic carbocycles. The highest BCUT2D eigenvalue weighted by atomic mass is 16.5. The van der Waals surface area contributed by atoms with E-state index in [1.54, 1.807) is 19.4 Å². The minimum Gasteiger partial charge on any atom is -0.496 e. The largest absolute Gasteiger partial charge is 0.496 e. The Hall–Kier alpha value is -2.23. The third-order valence-electron chi connectivity index (χ3n) is 4.94. The van der Waals surface area contributed by atoms with E-state index in [1.165, 1.54) is 6.42 Å². The van der Waals surface area contributed by atoms with Crippen LogP contribution in [0.2, 0.25) is 0 Å². The summed E-state index contributed by atoms with van der Waals surface area (Å²) in [5, 5.41) is 1.05. The highest BCUT2D eigenvalue weighted by Crippen LogP contribution is 2.33. The van der Waals surface area contributed by atoms with Gasteiger partial charge >= 0.3 is 0 Å². The van der Waals surface area contributed by atoms with E-state index in [-0.39, 0.29) is 5.91 Å². The van der Waals surface area contributed by atoms with Crippen molar-refractivity contribution in [2.45, 2.75) is 46.1 Å². The maximum Gasteiger partial charge on any atom is 0.247 e. The molecule has 1 amide bonds. The van der Waals surface area contributed by atoms with Crippen molar-refractivity contribution >= 4 is 22.4 Å². The molecular formula is C20H25NO3. The molecule has 4 nitrogen and oxygen atoms in total. The lowest BCUT2D eigenvalue weighted by atomic mass is 10.0. The molecule has 0 spiro atoms. The van der Waals surface area contributed by atoms with Crippen molar-refractivity contribution in [1.29, 1.82) is 0 Å². The van der Waals surface area contributed by atoms with Crippen molar-refractivity contribution in [2.75, 3.05) is 13.7 Å². The number of nitrogens with zero attached hydrogens (tertiary/aromatic N) is 1. The van der Waals surface area contributed by atoms with E-state index in [2.05, 4.69) is 6.92 Å². The van der Waals surface area contributed by atoms with Crippen LogP contribution >= 0.6 is 0 Å². The topological polar surface area (TPSA) is 42.7 Å². The first-order valence-corrected chi connectivity index (χ1v) is 8.56. The Bertz CT molecular complexity index is 788. The van der Waals surface area contributed by atoms with Crippen LogP contribution < -0.4 is 4.74 Å². The minimum atomic E-state index is 0.0887. The third kappa shape index (κ3) is 3.05. The molecule has 128 valence electrons. The molecule has 1 aliphatic heterocycles. The van der Waals surface area contributed by atoms with Gasteiger partial charge in [-0.1, -0.05) is 0 Å². The van der Waals surface area contributed by atoms with Crippen LogP contribution in [0.1, 0.15) is 44.2 Å². The Morgan fingerprint density at radius 3 is 2.88 bits per heavy atom. The predicted octanol–water partition coefficient (Wildman–Crippen LogP) is 4.55. The summed E-state index contributed by atoms with van der Waals surface area (Å²) in [7, 11) is 1.64. The Morgan fingerprint density at radius 1 is 1.38 bits per heavy atom. The van der Waals surface area contributed by atoms with E-state index >= 15 is 0 Å². The zero-order chi connectivity index (χ0) is 17.3. The molecule has 2 aromatic rings. The number of methoxy groups -OCH3 is 1. The molecule has 0 radical (unpaired) electrons. The number of likely N-dealkylation sites (tertiary alicyclic amines) is 1. The quantitative estimate of drug-likeness (QED) is 0.777. The molecule has 1 unspecified atom stereocenters. The van der Waals surface area contributed by atoms with Gasteiger partial charge in [0, 0.05) is 35.7 Å². The lowest BCUT2D eigenvalue weighted by Gasteiger charge is -2.32. The summed E-state index contributed by atoms with van der Waals surface area (Å²) >= 11 is 0. The molecule has 1 aliphatic rings. The molecule has 1 aromatic carbocycles. The second kappa shape index (κ2) is 6.71. The van der Waals surface area contributed by atoms with Gasteiger partial charge < -0.3 is 14.1 Å². The summed E-state index contributed by atoms with van der Waals surface area (Å²) in [6.45, 7) is 6.95. The lowest BCUT2D eigenvalue weighted by molar-refractivity contribution is -0.129. The molecule has 1 saturated heterocycles. The number of carbonyl (C=O) groups is 1. The maximum atomic E-state index is 12.7. The molecule has 1 fully saturated rings. The molecule has 0 bridgehead atoms. The van der Waals surface area contributed by atoms with Crippen molar-refractivity contribution in [3.63, 3.8) is 0 Å². The molecule has 4 heteroatoms. The number of ether oxygens (including phenoxy) is 1. The van der Waals surface area contributed by atoms with Gasteiger partial charge in [-0.15, -0.1) is 0 Å². The summed E-state index contributed by atoms with van der Waals surface area (Å²) in [6.07, 6.45) is 6.86. The van der Waals surface area contributed by atoms with E-state index in [9.17, 15) is 4.79 Å². The Balaban J connectivity index is 1.95. The van der Waals surface area contributed by atoms with Gasteiger partial charge in [0.2, 0.25) is 5.91 Å². The standard InChI is InChI=1S/C20H25NO3/c1-13(9-20(22)21-8-6-5-7-15(21)3)16-10-17-14(2)12-24-19(17)11-18(16)23-4/h9-12,15H,5-8H2,1-4H3/b13-9+. The van der Waals surface area contributed by atoms with Crippen molar-refractivity contribution in [2.24, 2.45) is 0 Å². The fraction of sp³-hybridized carbons (Fsp3) is 0.450. The number of benzene rings is 1. The van der Waals surface area contributed by atoms with Gasteiger partial charge in [0.25, 0.3) is 0 Å². The Labute approximate surface area is 143 Å². The zero-order valence-corrected chi connectivity index (χ0v) is 14.9. The Kier molecular flexibility index (Phi) is 4.65. The van der Waals surface area contributed by atoms with Gasteiger partial charge in [0.15, 0.2) is 0 Å². The average Bonchev–Trinajstić information content (AvgIpc) is 2.94. The summed E-state index contributed by atoms with van der Waals surface area (Å²) in [5.41, 5.74) is 3.74. The smallest absolute Gasteiger partial charge is 0.247 e. The van der Waals surface area contributed by atoms with Gasteiger partial charge in [-0.2, -0.15) is 0 Å². The molecule has 0 saturated carbocycles. The summed E-state index contributed by atoms with van der Waals surface area (Å²) < 4.78 is 11.0. The number of allylic oxidation sites excluding steroid dienone is 1. The van der Waals surface area contributed by atoms with Gasteiger partial charge in [-0.05, 0) is 57.2 Å². The van der Waals surface area contributed by atoms with E-state index in [1.807, 2.05) is 30.9 Å². The van der Waals surface area contributed by atoms with Gasteiger partial charge in [-0.3, -0.25) is 4.79 Å². The van der Waals surface area contributed by atoms with Gasteiger partial charge in [-0.25, -0.2) is 0 Å². The van der Waals surface area contributed by atoms with Crippen molar-refractivity contribution in [3.8, 4) is 5.75 Å². The second-order valence-corrected chi connectivity index (χ2v) is 6.67. The van der Waals surface area contributed by atoms with Crippen molar-refractivity contribution < 1.29 is 13.9 Å². The number of hydrogen-bond donors (Lipinski definition) is 0. The Morgan fingerprint density at radius 2 is 2.17 bits per heavy atom. The molecular weight excluding hydrogens is 302 g/mol. The first kappa shape index (κ1) is 16.6. The molecule has 24 heavy (non-hydrogen) atoms. The van der Waals surface area contributed by atoms with Gasteiger partial charge in [0.05, 0.1) is 13.4 Å². The molecule has 3 rings (SSSR count). The number of furan rings is 1. The number of carbonyl (C=O) groups excluding carboxylic acids is 1. The highest BCUT2D eigenvalue weighted by molar-refractivity contribution is 5.97. The zero-order valence-electron chi connectivity index (χ0n) is 14.9. The SMILES string of the molecule is COc1cc2occ(C)c2cc1/C(C)=C/C(=O)N1CCCCC1C. The van der Waals surface area contributed by atoms with Crippen LogP contribution in [0.4, 0.5) is 0 Å². The average molecular weight is 327 g/mol. The van der Waals surface area contributed by atoms with Crippen LogP contribution in [0.3, 0.4) is 0 Å².